The monoisotopic (exact) mass is 292 g/mol. The van der Waals surface area contributed by atoms with E-state index >= 15 is 0 Å². The number of halogens is 1. The maximum absolute atomic E-state index is 11.9. The maximum atomic E-state index is 11.9. The van der Waals surface area contributed by atoms with E-state index in [1.54, 1.807) is 24.3 Å². The van der Waals surface area contributed by atoms with E-state index in [-0.39, 0.29) is 28.6 Å². The minimum absolute atomic E-state index is 0.00787. The van der Waals surface area contributed by atoms with Crippen LogP contribution >= 0.6 is 22.9 Å². The van der Waals surface area contributed by atoms with Crippen LogP contribution in [0.2, 0.25) is 0 Å². The minimum atomic E-state index is -0.407. The molecular weight excluding hydrogens is 284 g/mol. The van der Waals surface area contributed by atoms with E-state index in [0.29, 0.717) is 5.39 Å². The van der Waals surface area contributed by atoms with Crippen LogP contribution in [0.15, 0.2) is 34.8 Å². The molecule has 19 heavy (non-hydrogen) atoms. The molecule has 0 amide bonds. The number of fused-ring (bicyclic) bond motifs is 1. The molecule has 0 bridgehead atoms. The van der Waals surface area contributed by atoms with Crippen LogP contribution in [0.4, 0.5) is 0 Å². The summed E-state index contributed by atoms with van der Waals surface area (Å²) >= 11 is 6.72. The number of alkyl halides is 1. The highest BCUT2D eigenvalue weighted by Crippen LogP contribution is 2.24. The molecule has 0 spiro atoms. The largest absolute Gasteiger partial charge is 0.511 e. The Kier molecular flexibility index (Phi) is 4.15. The first-order valence-electron chi connectivity index (χ1n) is 5.45. The lowest BCUT2D eigenvalue weighted by Gasteiger charge is -2.02. The van der Waals surface area contributed by atoms with Gasteiger partial charge in [0.05, 0.1) is 5.39 Å². The van der Waals surface area contributed by atoms with Crippen molar-refractivity contribution in [1.82, 2.24) is 4.98 Å². The van der Waals surface area contributed by atoms with Gasteiger partial charge < -0.3 is 5.11 Å². The summed E-state index contributed by atoms with van der Waals surface area (Å²) in [4.78, 5) is 15.7. The molecule has 0 atom stereocenters. The van der Waals surface area contributed by atoms with Crippen LogP contribution in [0.3, 0.4) is 0 Å². The van der Waals surface area contributed by atoms with E-state index in [0.717, 1.165) is 4.70 Å². The summed E-state index contributed by atoms with van der Waals surface area (Å²) in [6, 6.07) is 8.89. The Morgan fingerprint density at radius 1 is 1.47 bits per heavy atom. The lowest BCUT2D eigenvalue weighted by Crippen LogP contribution is -2.08. The number of nitrogens with zero attached hydrogens (tertiary/aromatic N) is 2. The standard InChI is InChI=1S/C13H9ClN2O2S/c14-6-5-10(17)9(7-15)13-16-12(18)8-3-1-2-4-11(8)19-13/h1-4,17H,5-6H2/b10-9-. The molecule has 1 aromatic heterocycles. The first kappa shape index (κ1) is 13.5. The van der Waals surface area contributed by atoms with Gasteiger partial charge in [-0.15, -0.1) is 22.9 Å². The van der Waals surface area contributed by atoms with Crippen LogP contribution in [0, 0.1) is 11.3 Å². The second-order valence-corrected chi connectivity index (χ2v) is 5.10. The molecular formula is C13H9ClN2O2S. The number of hydrogen-bond acceptors (Lipinski definition) is 5. The van der Waals surface area contributed by atoms with E-state index in [1.807, 2.05) is 6.07 Å². The number of aromatic nitrogens is 1. The number of aliphatic hydroxyl groups is 1. The van der Waals surface area contributed by atoms with Crippen molar-refractivity contribution in [3.63, 3.8) is 0 Å². The molecule has 0 saturated carbocycles. The Hall–Kier alpha value is -1.90. The van der Waals surface area contributed by atoms with Crippen molar-refractivity contribution in [3.8, 4) is 6.07 Å². The molecule has 0 aliphatic heterocycles. The number of allylic oxidation sites excluding steroid dienone is 2. The molecule has 6 heteroatoms. The molecule has 0 aliphatic carbocycles. The molecule has 96 valence electrons. The Labute approximate surface area is 118 Å². The van der Waals surface area contributed by atoms with Crippen molar-refractivity contribution >= 4 is 38.6 Å². The summed E-state index contributed by atoms with van der Waals surface area (Å²) in [5.41, 5.74) is -0.399. The van der Waals surface area contributed by atoms with E-state index in [4.69, 9.17) is 16.9 Å². The third kappa shape index (κ3) is 2.75. The first-order chi connectivity index (χ1) is 9.17. The Bertz CT molecular complexity index is 746. The number of hydrogen-bond donors (Lipinski definition) is 1. The van der Waals surface area contributed by atoms with Gasteiger partial charge in [-0.2, -0.15) is 10.2 Å². The van der Waals surface area contributed by atoms with E-state index in [2.05, 4.69) is 4.98 Å². The normalized spacial score (nSPS) is 12.0. The third-order valence-corrected chi connectivity index (χ3v) is 3.73. The fraction of sp³-hybridized carbons (Fsp3) is 0.154. The molecule has 1 aromatic carbocycles. The van der Waals surface area contributed by atoms with Crippen molar-refractivity contribution in [1.29, 1.82) is 5.26 Å². The first-order valence-corrected chi connectivity index (χ1v) is 6.81. The summed E-state index contributed by atoms with van der Waals surface area (Å²) < 4.78 is 0.726. The number of aliphatic hydroxyl groups excluding tert-OH is 1. The van der Waals surface area contributed by atoms with Gasteiger partial charge >= 0.3 is 0 Å². The summed E-state index contributed by atoms with van der Waals surface area (Å²) in [5.74, 6) is 0.0513. The molecule has 0 unspecified atom stereocenters. The average Bonchev–Trinajstić information content (AvgIpc) is 2.40. The minimum Gasteiger partial charge on any atom is -0.511 e. The summed E-state index contributed by atoms with van der Waals surface area (Å²) in [6.45, 7) is 0. The SMILES string of the molecule is N#C/C(=C(/O)CCCl)c1nc(=O)c2ccccc2s1. The van der Waals surface area contributed by atoms with E-state index < -0.39 is 5.56 Å². The quantitative estimate of drug-likeness (QED) is 0.536. The summed E-state index contributed by atoms with van der Waals surface area (Å²) in [5, 5.41) is 19.6. The zero-order chi connectivity index (χ0) is 13.8. The van der Waals surface area contributed by atoms with E-state index in [1.165, 1.54) is 11.3 Å². The van der Waals surface area contributed by atoms with Gasteiger partial charge in [0.25, 0.3) is 5.56 Å². The summed E-state index contributed by atoms with van der Waals surface area (Å²) in [6.07, 6.45) is 0.167. The van der Waals surface area contributed by atoms with Crippen LogP contribution in [-0.2, 0) is 0 Å². The number of nitriles is 1. The molecule has 0 radical (unpaired) electrons. The van der Waals surface area contributed by atoms with Crippen LogP contribution in [0.25, 0.3) is 15.7 Å². The highest BCUT2D eigenvalue weighted by Gasteiger charge is 2.13. The van der Waals surface area contributed by atoms with Gasteiger partial charge in [-0.3, -0.25) is 4.79 Å². The second-order valence-electron chi connectivity index (χ2n) is 3.69. The van der Waals surface area contributed by atoms with Gasteiger partial charge in [-0.05, 0) is 12.1 Å². The molecule has 0 saturated heterocycles. The smallest absolute Gasteiger partial charge is 0.279 e. The van der Waals surface area contributed by atoms with Gasteiger partial charge in [-0.25, -0.2) is 0 Å². The van der Waals surface area contributed by atoms with Crippen molar-refractivity contribution in [2.24, 2.45) is 0 Å². The van der Waals surface area contributed by atoms with Gasteiger partial charge in [-0.1, -0.05) is 12.1 Å². The van der Waals surface area contributed by atoms with Crippen molar-refractivity contribution < 1.29 is 5.11 Å². The molecule has 2 rings (SSSR count). The van der Waals surface area contributed by atoms with Crippen molar-refractivity contribution in [2.45, 2.75) is 6.42 Å². The van der Waals surface area contributed by atoms with Gasteiger partial charge in [0.1, 0.15) is 22.4 Å². The second kappa shape index (κ2) is 5.83. The highest BCUT2D eigenvalue weighted by molar-refractivity contribution is 7.19. The lowest BCUT2D eigenvalue weighted by molar-refractivity contribution is 0.399. The van der Waals surface area contributed by atoms with Gasteiger partial charge in [0.2, 0.25) is 0 Å². The van der Waals surface area contributed by atoms with Crippen molar-refractivity contribution in [3.05, 3.63) is 45.4 Å². The fourth-order valence-corrected chi connectivity index (χ4v) is 2.76. The average molecular weight is 293 g/mol. The maximum Gasteiger partial charge on any atom is 0.279 e. The highest BCUT2D eigenvalue weighted by atomic mass is 35.5. The van der Waals surface area contributed by atoms with Crippen LogP contribution in [-0.4, -0.2) is 16.0 Å². The molecule has 0 aliphatic rings. The zero-order valence-corrected chi connectivity index (χ0v) is 11.3. The number of benzene rings is 1. The molecule has 1 N–H and O–H groups in total. The Morgan fingerprint density at radius 3 is 2.89 bits per heavy atom. The fourth-order valence-electron chi connectivity index (χ4n) is 1.57. The summed E-state index contributed by atoms with van der Waals surface area (Å²) in [7, 11) is 0. The Morgan fingerprint density at radius 2 is 2.21 bits per heavy atom. The molecule has 0 fully saturated rings. The van der Waals surface area contributed by atoms with Crippen molar-refractivity contribution in [2.75, 3.05) is 5.88 Å². The topological polar surface area (TPSA) is 74.0 Å². The number of rotatable bonds is 3. The van der Waals surface area contributed by atoms with E-state index in [9.17, 15) is 9.90 Å². The Balaban J connectivity index is 2.67. The molecule has 1 heterocycles. The predicted octanol–water partition coefficient (Wildman–Crippen LogP) is 3.08. The van der Waals surface area contributed by atoms with Crippen LogP contribution in [0.1, 0.15) is 11.4 Å². The molecule has 2 aromatic rings. The van der Waals surface area contributed by atoms with Gasteiger partial charge in [0, 0.05) is 17.0 Å². The zero-order valence-electron chi connectivity index (χ0n) is 9.76. The lowest BCUT2D eigenvalue weighted by atomic mass is 10.2. The van der Waals surface area contributed by atoms with Crippen LogP contribution in [0.5, 0.6) is 0 Å². The van der Waals surface area contributed by atoms with Crippen LogP contribution < -0.4 is 5.56 Å². The third-order valence-electron chi connectivity index (χ3n) is 2.47. The van der Waals surface area contributed by atoms with Gasteiger partial charge in [0.15, 0.2) is 0 Å². The predicted molar refractivity (Wildman–Crippen MR) is 76.4 cm³/mol. The molecule has 4 nitrogen and oxygen atoms in total.